The van der Waals surface area contributed by atoms with E-state index in [1.807, 2.05) is 0 Å². The smallest absolute Gasteiger partial charge is 0.195 e. The predicted octanol–water partition coefficient (Wildman–Crippen LogP) is 2.79. The van der Waals surface area contributed by atoms with E-state index in [0.717, 1.165) is 12.8 Å². The van der Waals surface area contributed by atoms with Gasteiger partial charge < -0.3 is 5.11 Å². The first kappa shape index (κ1) is 10.5. The summed E-state index contributed by atoms with van der Waals surface area (Å²) in [4.78, 5) is 0. The van der Waals surface area contributed by atoms with Crippen molar-refractivity contribution in [2.24, 2.45) is 0 Å². The third-order valence-corrected chi connectivity index (χ3v) is 3.12. The number of nitrogens with one attached hydrogen (secondary N) is 1. The molecule has 1 aliphatic rings. The molecule has 1 fully saturated rings. The van der Waals surface area contributed by atoms with Crippen LogP contribution < -0.4 is 0 Å². The van der Waals surface area contributed by atoms with Crippen LogP contribution in [0.25, 0.3) is 11.4 Å². The highest BCUT2D eigenvalue weighted by molar-refractivity contribution is 7.71. The minimum atomic E-state index is -0.499. The highest BCUT2D eigenvalue weighted by atomic mass is 32.1. The Kier molecular flexibility index (Phi) is 2.25. The molecule has 2 aromatic rings. The lowest BCUT2D eigenvalue weighted by atomic mass is 10.1. The van der Waals surface area contributed by atoms with E-state index in [1.54, 1.807) is 4.57 Å². The second-order valence-electron chi connectivity index (χ2n) is 4.09. The molecule has 0 atom stereocenters. The van der Waals surface area contributed by atoms with E-state index >= 15 is 0 Å². The molecule has 1 aliphatic carbocycles. The van der Waals surface area contributed by atoms with Gasteiger partial charge >= 0.3 is 0 Å². The summed E-state index contributed by atoms with van der Waals surface area (Å²) in [7, 11) is 0. The van der Waals surface area contributed by atoms with Gasteiger partial charge in [-0.25, -0.2) is 4.39 Å². The third kappa shape index (κ3) is 1.64. The zero-order valence-electron chi connectivity index (χ0n) is 8.85. The Balaban J connectivity index is 2.25. The predicted molar refractivity (Wildman–Crippen MR) is 62.7 cm³/mol. The van der Waals surface area contributed by atoms with Crippen molar-refractivity contribution < 1.29 is 9.50 Å². The largest absolute Gasteiger partial charge is 0.507 e. The summed E-state index contributed by atoms with van der Waals surface area (Å²) in [6.07, 6.45) is 2.02. The summed E-state index contributed by atoms with van der Waals surface area (Å²) in [6.45, 7) is 0. The van der Waals surface area contributed by atoms with Gasteiger partial charge in [0.2, 0.25) is 0 Å². The summed E-state index contributed by atoms with van der Waals surface area (Å²) >= 11 is 5.12. The minimum absolute atomic E-state index is 0.103. The molecule has 0 bridgehead atoms. The van der Waals surface area contributed by atoms with Gasteiger partial charge in [-0.1, -0.05) is 6.07 Å². The van der Waals surface area contributed by atoms with E-state index in [9.17, 15) is 9.50 Å². The van der Waals surface area contributed by atoms with Gasteiger partial charge in [-0.15, -0.1) is 0 Å². The number of phenolic OH excluding ortho intramolecular Hbond substituents is 1. The van der Waals surface area contributed by atoms with Crippen LogP contribution in [0.3, 0.4) is 0 Å². The fraction of sp³-hybridized carbons (Fsp3) is 0.273. The zero-order chi connectivity index (χ0) is 12.0. The van der Waals surface area contributed by atoms with Gasteiger partial charge in [-0.05, 0) is 37.2 Å². The number of aromatic hydroxyl groups is 1. The number of benzene rings is 1. The molecule has 0 aliphatic heterocycles. The fourth-order valence-electron chi connectivity index (χ4n) is 1.89. The lowest BCUT2D eigenvalue weighted by molar-refractivity contribution is 0.470. The van der Waals surface area contributed by atoms with E-state index in [1.165, 1.54) is 18.2 Å². The highest BCUT2D eigenvalue weighted by Crippen LogP contribution is 2.40. The van der Waals surface area contributed by atoms with Crippen molar-refractivity contribution in [3.8, 4) is 17.1 Å². The Morgan fingerprint density at radius 3 is 2.88 bits per heavy atom. The summed E-state index contributed by atoms with van der Waals surface area (Å²) < 4.78 is 16.0. The van der Waals surface area contributed by atoms with Gasteiger partial charge in [0.25, 0.3) is 0 Å². The molecule has 6 heteroatoms. The van der Waals surface area contributed by atoms with Crippen LogP contribution in [0, 0.1) is 10.6 Å². The molecule has 0 saturated heterocycles. The van der Waals surface area contributed by atoms with Crippen LogP contribution in [-0.4, -0.2) is 19.9 Å². The second kappa shape index (κ2) is 3.66. The van der Waals surface area contributed by atoms with Crippen molar-refractivity contribution in [1.29, 1.82) is 0 Å². The van der Waals surface area contributed by atoms with Crippen LogP contribution in [0.5, 0.6) is 5.75 Å². The molecule has 88 valence electrons. The van der Waals surface area contributed by atoms with Crippen molar-refractivity contribution in [3.63, 3.8) is 0 Å². The Morgan fingerprint density at radius 2 is 2.24 bits per heavy atom. The first-order chi connectivity index (χ1) is 8.18. The summed E-state index contributed by atoms with van der Waals surface area (Å²) in [5.74, 6) is -0.255. The number of hydrogen-bond acceptors (Lipinski definition) is 3. The SMILES string of the molecule is Oc1cccc(F)c1-c1n[nH]c(=S)n1C1CC1. The van der Waals surface area contributed by atoms with Crippen molar-refractivity contribution >= 4 is 12.2 Å². The number of halogens is 1. The van der Waals surface area contributed by atoms with Gasteiger partial charge in [-0.3, -0.25) is 9.67 Å². The third-order valence-electron chi connectivity index (χ3n) is 2.83. The number of aromatic amines is 1. The Morgan fingerprint density at radius 1 is 1.47 bits per heavy atom. The molecular weight excluding hydrogens is 241 g/mol. The molecular formula is C11H10FN3OS. The van der Waals surface area contributed by atoms with Crippen LogP contribution in [0.2, 0.25) is 0 Å². The Bertz CT molecular complexity index is 610. The molecule has 0 amide bonds. The van der Waals surface area contributed by atoms with Crippen molar-refractivity contribution in [2.45, 2.75) is 18.9 Å². The number of hydrogen-bond donors (Lipinski definition) is 2. The number of rotatable bonds is 2. The fourth-order valence-corrected chi connectivity index (χ4v) is 2.17. The maximum absolute atomic E-state index is 13.7. The lowest BCUT2D eigenvalue weighted by Crippen LogP contribution is -1.99. The average molecular weight is 251 g/mol. The van der Waals surface area contributed by atoms with Gasteiger partial charge in [0.1, 0.15) is 11.6 Å². The molecule has 3 rings (SSSR count). The normalized spacial score (nSPS) is 15.1. The minimum Gasteiger partial charge on any atom is -0.507 e. The topological polar surface area (TPSA) is 53.8 Å². The maximum Gasteiger partial charge on any atom is 0.195 e. The van der Waals surface area contributed by atoms with Crippen molar-refractivity contribution in [3.05, 3.63) is 28.8 Å². The summed E-state index contributed by atoms with van der Waals surface area (Å²) in [6, 6.07) is 4.46. The second-order valence-corrected chi connectivity index (χ2v) is 4.47. The van der Waals surface area contributed by atoms with Crippen molar-refractivity contribution in [2.75, 3.05) is 0 Å². The average Bonchev–Trinajstić information content (AvgIpc) is 3.04. The van der Waals surface area contributed by atoms with E-state index in [4.69, 9.17) is 12.2 Å². The van der Waals surface area contributed by atoms with Crippen LogP contribution in [0.4, 0.5) is 4.39 Å². The summed E-state index contributed by atoms with van der Waals surface area (Å²) in [5, 5.41) is 16.4. The quantitative estimate of drug-likeness (QED) is 0.807. The Hall–Kier alpha value is -1.69. The first-order valence-corrected chi connectivity index (χ1v) is 5.74. The van der Waals surface area contributed by atoms with Crippen LogP contribution in [0.15, 0.2) is 18.2 Å². The number of aromatic nitrogens is 3. The molecule has 0 radical (unpaired) electrons. The summed E-state index contributed by atoms with van der Waals surface area (Å²) in [5.41, 5.74) is 0.103. The van der Waals surface area contributed by atoms with Crippen LogP contribution >= 0.6 is 12.2 Å². The highest BCUT2D eigenvalue weighted by Gasteiger charge is 2.29. The molecule has 0 unspecified atom stereocenters. The van der Waals surface area contributed by atoms with E-state index < -0.39 is 5.82 Å². The van der Waals surface area contributed by atoms with E-state index in [0.29, 0.717) is 10.6 Å². The maximum atomic E-state index is 13.7. The van der Waals surface area contributed by atoms with Gasteiger partial charge in [0.15, 0.2) is 10.6 Å². The van der Waals surface area contributed by atoms with Crippen LogP contribution in [0.1, 0.15) is 18.9 Å². The zero-order valence-corrected chi connectivity index (χ0v) is 9.67. The molecule has 2 N–H and O–H groups in total. The number of nitrogens with zero attached hydrogens (tertiary/aromatic N) is 2. The first-order valence-electron chi connectivity index (χ1n) is 5.33. The van der Waals surface area contributed by atoms with Crippen molar-refractivity contribution in [1.82, 2.24) is 14.8 Å². The lowest BCUT2D eigenvalue weighted by Gasteiger charge is -2.07. The van der Waals surface area contributed by atoms with E-state index in [2.05, 4.69) is 10.2 Å². The van der Waals surface area contributed by atoms with E-state index in [-0.39, 0.29) is 17.4 Å². The molecule has 1 aromatic heterocycles. The molecule has 1 saturated carbocycles. The molecule has 1 aromatic carbocycles. The Labute approximate surface area is 102 Å². The van der Waals surface area contributed by atoms with Crippen LogP contribution in [-0.2, 0) is 0 Å². The molecule has 17 heavy (non-hydrogen) atoms. The molecule has 4 nitrogen and oxygen atoms in total. The number of H-pyrrole nitrogens is 1. The molecule has 0 spiro atoms. The van der Waals surface area contributed by atoms with Gasteiger partial charge in [0, 0.05) is 6.04 Å². The monoisotopic (exact) mass is 251 g/mol. The van der Waals surface area contributed by atoms with Gasteiger partial charge in [0.05, 0.1) is 5.56 Å². The molecule has 1 heterocycles. The number of phenols is 1. The standard InChI is InChI=1S/C11H10FN3OS/c12-7-2-1-3-8(16)9(7)10-13-14-11(17)15(10)6-4-5-6/h1-3,6,16H,4-5H2,(H,14,17). The van der Waals surface area contributed by atoms with Gasteiger partial charge in [-0.2, -0.15) is 5.10 Å².